The van der Waals surface area contributed by atoms with Gasteiger partial charge >= 0.3 is 0 Å². The molecule has 0 radical (unpaired) electrons. The van der Waals surface area contributed by atoms with Gasteiger partial charge in [-0.05, 0) is 32.4 Å². The molecule has 0 spiro atoms. The summed E-state index contributed by atoms with van der Waals surface area (Å²) in [4.78, 5) is 34.9. The molecule has 0 aromatic carbocycles. The SMILES string of the molecule is Cc1cc(C)c(C(=O)N[C@H](C)Cc2cnccn2)c(=O)[nH]1. The minimum Gasteiger partial charge on any atom is -0.349 e. The van der Waals surface area contributed by atoms with E-state index in [0.29, 0.717) is 12.0 Å². The Morgan fingerprint density at radius 3 is 2.76 bits per heavy atom. The van der Waals surface area contributed by atoms with Gasteiger partial charge < -0.3 is 10.3 Å². The average Bonchev–Trinajstić information content (AvgIpc) is 2.38. The van der Waals surface area contributed by atoms with E-state index in [1.807, 2.05) is 6.92 Å². The number of carbonyl (C=O) groups is 1. The molecule has 0 saturated heterocycles. The standard InChI is InChI=1S/C15H18N4O2/c1-9-6-10(2)18-14(20)13(9)15(21)19-11(3)7-12-8-16-4-5-17-12/h4-6,8,11H,7H2,1-3H3,(H,18,20)(H,19,21)/t11-/m1/s1. The van der Waals surface area contributed by atoms with E-state index in [2.05, 4.69) is 20.3 Å². The lowest BCUT2D eigenvalue weighted by Gasteiger charge is -2.14. The highest BCUT2D eigenvalue weighted by Gasteiger charge is 2.16. The van der Waals surface area contributed by atoms with E-state index in [1.54, 1.807) is 38.5 Å². The maximum Gasteiger partial charge on any atom is 0.261 e. The van der Waals surface area contributed by atoms with E-state index in [-0.39, 0.29) is 23.1 Å². The molecule has 2 rings (SSSR count). The maximum absolute atomic E-state index is 12.2. The van der Waals surface area contributed by atoms with E-state index in [9.17, 15) is 9.59 Å². The molecule has 2 N–H and O–H groups in total. The van der Waals surface area contributed by atoms with Gasteiger partial charge in [-0.1, -0.05) is 0 Å². The minimum atomic E-state index is -0.370. The van der Waals surface area contributed by atoms with Crippen molar-refractivity contribution in [1.82, 2.24) is 20.3 Å². The highest BCUT2D eigenvalue weighted by Crippen LogP contribution is 2.05. The molecule has 0 saturated carbocycles. The normalized spacial score (nSPS) is 12.0. The summed E-state index contributed by atoms with van der Waals surface area (Å²) in [7, 11) is 0. The molecule has 21 heavy (non-hydrogen) atoms. The number of rotatable bonds is 4. The Morgan fingerprint density at radius 2 is 2.14 bits per heavy atom. The third kappa shape index (κ3) is 3.75. The number of H-pyrrole nitrogens is 1. The molecule has 0 bridgehead atoms. The van der Waals surface area contributed by atoms with Crippen LogP contribution in [0.3, 0.4) is 0 Å². The van der Waals surface area contributed by atoms with Crippen molar-refractivity contribution >= 4 is 5.91 Å². The lowest BCUT2D eigenvalue weighted by atomic mass is 10.1. The summed E-state index contributed by atoms with van der Waals surface area (Å²) in [5, 5.41) is 2.82. The van der Waals surface area contributed by atoms with Gasteiger partial charge in [0.25, 0.3) is 11.5 Å². The Balaban J connectivity index is 2.10. The molecule has 0 aliphatic heterocycles. The molecule has 0 aliphatic carbocycles. The smallest absolute Gasteiger partial charge is 0.261 e. The molecule has 2 aromatic rings. The van der Waals surface area contributed by atoms with Gasteiger partial charge in [0.1, 0.15) is 5.56 Å². The van der Waals surface area contributed by atoms with Crippen molar-refractivity contribution in [3.05, 3.63) is 57.5 Å². The quantitative estimate of drug-likeness (QED) is 0.882. The number of aryl methyl sites for hydroxylation is 2. The van der Waals surface area contributed by atoms with Crippen LogP contribution in [0.4, 0.5) is 0 Å². The van der Waals surface area contributed by atoms with Crippen LogP contribution in [0.1, 0.15) is 34.2 Å². The number of nitrogens with zero attached hydrogens (tertiary/aromatic N) is 2. The lowest BCUT2D eigenvalue weighted by molar-refractivity contribution is 0.0937. The highest BCUT2D eigenvalue weighted by atomic mass is 16.2. The van der Waals surface area contributed by atoms with Crippen LogP contribution < -0.4 is 10.9 Å². The summed E-state index contributed by atoms with van der Waals surface area (Å²) in [5.74, 6) is -0.370. The molecular weight excluding hydrogens is 268 g/mol. The predicted octanol–water partition coefficient (Wildman–Crippen LogP) is 1.14. The molecule has 6 heteroatoms. The fourth-order valence-electron chi connectivity index (χ4n) is 2.23. The summed E-state index contributed by atoms with van der Waals surface area (Å²) in [6, 6.07) is 1.64. The van der Waals surface area contributed by atoms with Gasteiger partial charge in [0, 0.05) is 36.7 Å². The van der Waals surface area contributed by atoms with Crippen molar-refractivity contribution in [3.8, 4) is 0 Å². The molecular formula is C15H18N4O2. The number of pyridine rings is 1. The van der Waals surface area contributed by atoms with E-state index in [1.165, 1.54) is 0 Å². The van der Waals surface area contributed by atoms with Crippen LogP contribution >= 0.6 is 0 Å². The molecule has 0 unspecified atom stereocenters. The predicted molar refractivity (Wildman–Crippen MR) is 79.2 cm³/mol. The van der Waals surface area contributed by atoms with Crippen LogP contribution in [0.15, 0.2) is 29.5 Å². The topological polar surface area (TPSA) is 87.7 Å². The third-order valence-electron chi connectivity index (χ3n) is 3.10. The summed E-state index contributed by atoms with van der Waals surface area (Å²) < 4.78 is 0. The molecule has 110 valence electrons. The Kier molecular flexibility index (Phi) is 4.47. The molecule has 1 atom stereocenters. The van der Waals surface area contributed by atoms with Crippen molar-refractivity contribution in [2.75, 3.05) is 0 Å². The van der Waals surface area contributed by atoms with Crippen LogP contribution in [0.5, 0.6) is 0 Å². The average molecular weight is 286 g/mol. The largest absolute Gasteiger partial charge is 0.349 e. The van der Waals surface area contributed by atoms with Crippen molar-refractivity contribution in [3.63, 3.8) is 0 Å². The monoisotopic (exact) mass is 286 g/mol. The third-order valence-corrected chi connectivity index (χ3v) is 3.10. The molecule has 0 aliphatic rings. The van der Waals surface area contributed by atoms with Gasteiger partial charge in [0.2, 0.25) is 0 Å². The maximum atomic E-state index is 12.2. The molecule has 6 nitrogen and oxygen atoms in total. The Bertz CT molecular complexity index is 695. The molecule has 2 heterocycles. The second-order valence-corrected chi connectivity index (χ2v) is 5.11. The van der Waals surface area contributed by atoms with Crippen molar-refractivity contribution < 1.29 is 4.79 Å². The summed E-state index contributed by atoms with van der Waals surface area (Å²) in [6.07, 6.45) is 5.43. The van der Waals surface area contributed by atoms with Crippen molar-refractivity contribution in [2.45, 2.75) is 33.2 Å². The second-order valence-electron chi connectivity index (χ2n) is 5.11. The Morgan fingerprint density at radius 1 is 1.38 bits per heavy atom. The first-order valence-corrected chi connectivity index (χ1v) is 6.73. The number of aromatic amines is 1. The number of amides is 1. The Hall–Kier alpha value is -2.50. The van der Waals surface area contributed by atoms with Crippen LogP contribution in [0.25, 0.3) is 0 Å². The van der Waals surface area contributed by atoms with E-state index >= 15 is 0 Å². The molecule has 0 fully saturated rings. The van der Waals surface area contributed by atoms with Crippen LogP contribution in [0.2, 0.25) is 0 Å². The van der Waals surface area contributed by atoms with Gasteiger partial charge in [-0.25, -0.2) is 0 Å². The first-order chi connectivity index (χ1) is 9.97. The van der Waals surface area contributed by atoms with Gasteiger partial charge in [0.05, 0.1) is 5.69 Å². The Labute approximate surface area is 122 Å². The zero-order chi connectivity index (χ0) is 15.4. The number of hydrogen-bond donors (Lipinski definition) is 2. The first-order valence-electron chi connectivity index (χ1n) is 6.73. The van der Waals surface area contributed by atoms with Crippen molar-refractivity contribution in [2.24, 2.45) is 0 Å². The zero-order valence-corrected chi connectivity index (χ0v) is 12.3. The van der Waals surface area contributed by atoms with Gasteiger partial charge in [-0.3, -0.25) is 19.6 Å². The van der Waals surface area contributed by atoms with Gasteiger partial charge in [0.15, 0.2) is 0 Å². The fraction of sp³-hybridized carbons (Fsp3) is 0.333. The van der Waals surface area contributed by atoms with Gasteiger partial charge in [-0.15, -0.1) is 0 Å². The summed E-state index contributed by atoms with van der Waals surface area (Å²) in [6.45, 7) is 5.40. The zero-order valence-electron chi connectivity index (χ0n) is 12.3. The highest BCUT2D eigenvalue weighted by molar-refractivity contribution is 5.95. The number of carbonyl (C=O) groups excluding carboxylic acids is 1. The first kappa shape index (κ1) is 14.9. The molecule has 1 amide bonds. The van der Waals surface area contributed by atoms with Crippen LogP contribution in [-0.4, -0.2) is 26.9 Å². The second kappa shape index (κ2) is 6.30. The van der Waals surface area contributed by atoms with Crippen molar-refractivity contribution in [1.29, 1.82) is 0 Å². The fourth-order valence-corrected chi connectivity index (χ4v) is 2.23. The number of hydrogen-bond acceptors (Lipinski definition) is 4. The summed E-state index contributed by atoms with van der Waals surface area (Å²) in [5.41, 5.74) is 1.99. The molecule has 2 aromatic heterocycles. The van der Waals surface area contributed by atoms with Crippen LogP contribution in [-0.2, 0) is 6.42 Å². The number of nitrogens with one attached hydrogen (secondary N) is 2. The van der Waals surface area contributed by atoms with E-state index in [4.69, 9.17) is 0 Å². The van der Waals surface area contributed by atoms with Gasteiger partial charge in [-0.2, -0.15) is 0 Å². The lowest BCUT2D eigenvalue weighted by Crippen LogP contribution is -2.38. The van der Waals surface area contributed by atoms with E-state index < -0.39 is 0 Å². The summed E-state index contributed by atoms with van der Waals surface area (Å²) >= 11 is 0. The van der Waals surface area contributed by atoms with E-state index in [0.717, 1.165) is 11.4 Å². The van der Waals surface area contributed by atoms with Crippen LogP contribution in [0, 0.1) is 13.8 Å². The minimum absolute atomic E-state index is 0.144. The number of aromatic nitrogens is 3.